The molecule has 22 heavy (non-hydrogen) atoms. The van der Waals surface area contributed by atoms with Gasteiger partial charge in [0.1, 0.15) is 5.75 Å². The Kier molecular flexibility index (Phi) is 3.34. The molecule has 0 saturated heterocycles. The van der Waals surface area contributed by atoms with Crippen LogP contribution < -0.4 is 10.1 Å². The monoisotopic (exact) mass is 311 g/mol. The van der Waals surface area contributed by atoms with Crippen LogP contribution in [0, 0.1) is 5.92 Å². The van der Waals surface area contributed by atoms with E-state index in [-0.39, 0.29) is 6.04 Å². The highest BCUT2D eigenvalue weighted by molar-refractivity contribution is 6.31. The number of halogens is 1. The summed E-state index contributed by atoms with van der Waals surface area (Å²) in [7, 11) is 1.71. The third-order valence-corrected chi connectivity index (χ3v) is 5.15. The maximum Gasteiger partial charge on any atom is 0.119 e. The van der Waals surface area contributed by atoms with Crippen LogP contribution in [0.1, 0.15) is 29.5 Å². The number of hydrogen-bond donors (Lipinski definition) is 1. The Balaban J connectivity index is 1.80. The molecule has 0 aromatic heterocycles. The molecule has 0 radical (unpaired) electrons. The Bertz CT molecular complexity index is 740. The lowest BCUT2D eigenvalue weighted by Crippen LogP contribution is -2.29. The van der Waals surface area contributed by atoms with Crippen LogP contribution in [-0.4, -0.2) is 7.11 Å². The maximum atomic E-state index is 6.44. The van der Waals surface area contributed by atoms with Gasteiger partial charge in [-0.25, -0.2) is 0 Å². The molecule has 2 nitrogen and oxygen atoms in total. The van der Waals surface area contributed by atoms with E-state index in [1.807, 2.05) is 18.2 Å². The van der Waals surface area contributed by atoms with Crippen LogP contribution in [0.3, 0.4) is 0 Å². The van der Waals surface area contributed by atoms with E-state index >= 15 is 0 Å². The SMILES string of the molecule is COc1ccc2c(c1)C1C=CCC1C(c1ccccc1Cl)N2. The average Bonchev–Trinajstić information content (AvgIpc) is 3.04. The van der Waals surface area contributed by atoms with E-state index in [1.165, 1.54) is 16.8 Å². The molecule has 4 rings (SSSR count). The van der Waals surface area contributed by atoms with Crippen LogP contribution in [0.15, 0.2) is 54.6 Å². The number of fused-ring (bicyclic) bond motifs is 3. The molecule has 3 heteroatoms. The fourth-order valence-corrected chi connectivity index (χ4v) is 3.99. The van der Waals surface area contributed by atoms with Crippen molar-refractivity contribution >= 4 is 17.3 Å². The van der Waals surface area contributed by atoms with Gasteiger partial charge in [0.05, 0.1) is 13.2 Å². The van der Waals surface area contributed by atoms with E-state index in [2.05, 4.69) is 41.7 Å². The van der Waals surface area contributed by atoms with Crippen molar-refractivity contribution in [3.05, 3.63) is 70.8 Å². The lowest BCUT2D eigenvalue weighted by Gasteiger charge is -2.38. The molecule has 2 aromatic rings. The standard InChI is InChI=1S/C19H18ClNO/c1-22-12-9-10-18-16(11-12)13-6-4-7-14(13)19(21-18)15-5-2-3-8-17(15)20/h2-6,8-11,13-14,19,21H,7H2,1H3. The Hall–Kier alpha value is -1.93. The quantitative estimate of drug-likeness (QED) is 0.772. The summed E-state index contributed by atoms with van der Waals surface area (Å²) in [4.78, 5) is 0. The van der Waals surface area contributed by atoms with Gasteiger partial charge in [-0.3, -0.25) is 0 Å². The van der Waals surface area contributed by atoms with Crippen molar-refractivity contribution < 1.29 is 4.74 Å². The normalized spacial score (nSPS) is 25.3. The third-order valence-electron chi connectivity index (χ3n) is 4.81. The number of benzene rings is 2. The molecule has 0 amide bonds. The number of nitrogens with one attached hydrogen (secondary N) is 1. The highest BCUT2D eigenvalue weighted by Crippen LogP contribution is 2.51. The van der Waals surface area contributed by atoms with E-state index in [4.69, 9.17) is 16.3 Å². The van der Waals surface area contributed by atoms with Crippen LogP contribution in [0.5, 0.6) is 5.75 Å². The van der Waals surface area contributed by atoms with Crippen LogP contribution >= 0.6 is 11.6 Å². The number of rotatable bonds is 2. The van der Waals surface area contributed by atoms with Crippen molar-refractivity contribution in [1.82, 2.24) is 0 Å². The molecule has 0 saturated carbocycles. The summed E-state index contributed by atoms with van der Waals surface area (Å²) in [5.41, 5.74) is 3.68. The second kappa shape index (κ2) is 5.36. The summed E-state index contributed by atoms with van der Waals surface area (Å²) < 4.78 is 5.39. The molecule has 2 aliphatic rings. The Morgan fingerprint density at radius 2 is 2.00 bits per heavy atom. The minimum atomic E-state index is 0.245. The fourth-order valence-electron chi connectivity index (χ4n) is 3.73. The summed E-state index contributed by atoms with van der Waals surface area (Å²) in [6.45, 7) is 0. The van der Waals surface area contributed by atoms with Gasteiger partial charge in [-0.05, 0) is 47.7 Å². The molecule has 0 fully saturated rings. The molecule has 0 spiro atoms. The Morgan fingerprint density at radius 3 is 2.82 bits per heavy atom. The first-order chi connectivity index (χ1) is 10.8. The van der Waals surface area contributed by atoms with Crippen molar-refractivity contribution in [2.45, 2.75) is 18.4 Å². The molecule has 2 aromatic carbocycles. The summed E-state index contributed by atoms with van der Waals surface area (Å²) in [6, 6.07) is 14.7. The van der Waals surface area contributed by atoms with Gasteiger partial charge in [-0.15, -0.1) is 0 Å². The molecule has 1 heterocycles. The van der Waals surface area contributed by atoms with Gasteiger partial charge in [0, 0.05) is 16.6 Å². The number of hydrogen-bond acceptors (Lipinski definition) is 2. The highest BCUT2D eigenvalue weighted by Gasteiger charge is 2.38. The molecule has 1 N–H and O–H groups in total. The molecular formula is C19H18ClNO. The van der Waals surface area contributed by atoms with Gasteiger partial charge >= 0.3 is 0 Å². The first kappa shape index (κ1) is 13.7. The summed E-state index contributed by atoms with van der Waals surface area (Å²) in [5, 5.41) is 4.53. The first-order valence-electron chi connectivity index (χ1n) is 7.63. The number of methoxy groups -OCH3 is 1. The van der Waals surface area contributed by atoms with Crippen molar-refractivity contribution in [1.29, 1.82) is 0 Å². The second-order valence-electron chi connectivity index (χ2n) is 5.95. The topological polar surface area (TPSA) is 21.3 Å². The van der Waals surface area contributed by atoms with Crippen LogP contribution in [-0.2, 0) is 0 Å². The number of anilines is 1. The van der Waals surface area contributed by atoms with Gasteiger partial charge in [0.15, 0.2) is 0 Å². The zero-order chi connectivity index (χ0) is 15.1. The molecule has 1 aliphatic carbocycles. The van der Waals surface area contributed by atoms with Crippen LogP contribution in [0.4, 0.5) is 5.69 Å². The smallest absolute Gasteiger partial charge is 0.119 e. The lowest BCUT2D eigenvalue weighted by atomic mass is 9.77. The molecule has 0 bridgehead atoms. The van der Waals surface area contributed by atoms with Gasteiger partial charge in [-0.1, -0.05) is 42.0 Å². The van der Waals surface area contributed by atoms with Crippen molar-refractivity contribution in [2.75, 3.05) is 12.4 Å². The van der Waals surface area contributed by atoms with Gasteiger partial charge in [0.25, 0.3) is 0 Å². The second-order valence-corrected chi connectivity index (χ2v) is 6.36. The maximum absolute atomic E-state index is 6.44. The predicted molar refractivity (Wildman–Crippen MR) is 90.8 cm³/mol. The highest BCUT2D eigenvalue weighted by atomic mass is 35.5. The average molecular weight is 312 g/mol. The molecule has 112 valence electrons. The first-order valence-corrected chi connectivity index (χ1v) is 8.01. The van der Waals surface area contributed by atoms with Crippen LogP contribution in [0.25, 0.3) is 0 Å². The van der Waals surface area contributed by atoms with Gasteiger partial charge < -0.3 is 10.1 Å². The zero-order valence-electron chi connectivity index (χ0n) is 12.4. The minimum absolute atomic E-state index is 0.245. The molecule has 3 unspecified atom stereocenters. The zero-order valence-corrected chi connectivity index (χ0v) is 13.2. The summed E-state index contributed by atoms with van der Waals surface area (Å²) in [5.74, 6) is 1.84. The van der Waals surface area contributed by atoms with Gasteiger partial charge in [-0.2, -0.15) is 0 Å². The van der Waals surface area contributed by atoms with Crippen molar-refractivity contribution in [3.8, 4) is 5.75 Å². The number of ether oxygens (including phenoxy) is 1. The van der Waals surface area contributed by atoms with Crippen LogP contribution in [0.2, 0.25) is 5.02 Å². The fraction of sp³-hybridized carbons (Fsp3) is 0.263. The lowest BCUT2D eigenvalue weighted by molar-refractivity contribution is 0.405. The van der Waals surface area contributed by atoms with E-state index in [0.717, 1.165) is 17.2 Å². The van der Waals surface area contributed by atoms with E-state index in [1.54, 1.807) is 7.11 Å². The summed E-state index contributed by atoms with van der Waals surface area (Å²) in [6.07, 6.45) is 5.69. The van der Waals surface area contributed by atoms with Crippen molar-refractivity contribution in [2.24, 2.45) is 5.92 Å². The molecule has 1 aliphatic heterocycles. The predicted octanol–water partition coefficient (Wildman–Crippen LogP) is 5.18. The Morgan fingerprint density at radius 1 is 1.14 bits per heavy atom. The molecule has 3 atom stereocenters. The van der Waals surface area contributed by atoms with E-state index in [0.29, 0.717) is 11.8 Å². The van der Waals surface area contributed by atoms with Crippen molar-refractivity contribution in [3.63, 3.8) is 0 Å². The Labute approximate surface area is 135 Å². The largest absolute Gasteiger partial charge is 0.497 e. The van der Waals surface area contributed by atoms with Gasteiger partial charge in [0.2, 0.25) is 0 Å². The molecular weight excluding hydrogens is 294 g/mol. The third kappa shape index (κ3) is 2.10. The minimum Gasteiger partial charge on any atom is -0.497 e. The van der Waals surface area contributed by atoms with E-state index in [9.17, 15) is 0 Å². The number of allylic oxidation sites excluding steroid dienone is 2. The summed E-state index contributed by atoms with van der Waals surface area (Å²) >= 11 is 6.44. The van der Waals surface area contributed by atoms with E-state index < -0.39 is 0 Å².